The third-order valence-corrected chi connectivity index (χ3v) is 4.29. The van der Waals surface area contributed by atoms with Crippen LogP contribution in [0.1, 0.15) is 49.9 Å². The molecule has 0 spiro atoms. The highest BCUT2D eigenvalue weighted by Crippen LogP contribution is 2.37. The molecule has 1 aliphatic carbocycles. The quantitative estimate of drug-likeness (QED) is 0.693. The minimum absolute atomic E-state index is 0.139. The van der Waals surface area contributed by atoms with Crippen molar-refractivity contribution in [2.45, 2.75) is 44.0 Å². The van der Waals surface area contributed by atoms with Crippen LogP contribution in [-0.4, -0.2) is 9.55 Å². The summed E-state index contributed by atoms with van der Waals surface area (Å²) >= 11 is 12.1. The summed E-state index contributed by atoms with van der Waals surface area (Å²) in [4.78, 5) is 4.49. The first-order valence-electron chi connectivity index (χ1n) is 6.59. The van der Waals surface area contributed by atoms with E-state index in [0.717, 1.165) is 24.2 Å². The molecule has 3 rings (SSSR count). The number of rotatable bonds is 2. The number of hydrogen-bond donors (Lipinski definition) is 0. The average Bonchev–Trinajstić information content (AvgIpc) is 2.96. The summed E-state index contributed by atoms with van der Waals surface area (Å²) in [5.41, 5.74) is 1.53. The van der Waals surface area contributed by atoms with Crippen LogP contribution in [0.2, 0.25) is 5.02 Å². The molecular weight excluding hydrogens is 286 g/mol. The summed E-state index contributed by atoms with van der Waals surface area (Å²) in [5, 5.41) is -0.0599. The summed E-state index contributed by atoms with van der Waals surface area (Å²) in [5.74, 6) is 0.379. The molecule has 1 saturated carbocycles. The Labute approximate surface area is 121 Å². The van der Waals surface area contributed by atoms with Crippen LogP contribution < -0.4 is 0 Å². The molecule has 1 unspecified atom stereocenters. The summed E-state index contributed by atoms with van der Waals surface area (Å²) < 4.78 is 15.7. The van der Waals surface area contributed by atoms with Crippen molar-refractivity contribution < 1.29 is 4.39 Å². The Hall–Kier alpha value is -0.800. The van der Waals surface area contributed by atoms with Crippen LogP contribution in [0.5, 0.6) is 0 Å². The Balaban J connectivity index is 2.25. The van der Waals surface area contributed by atoms with Crippen LogP contribution in [0.4, 0.5) is 4.39 Å². The zero-order valence-corrected chi connectivity index (χ0v) is 12.2. The molecule has 0 bridgehead atoms. The summed E-state index contributed by atoms with van der Waals surface area (Å²) in [6.07, 6.45) is 4.68. The van der Waals surface area contributed by atoms with Crippen LogP contribution in [-0.2, 0) is 0 Å². The molecule has 102 valence electrons. The number of alkyl halides is 1. The molecule has 1 aliphatic rings. The van der Waals surface area contributed by atoms with Gasteiger partial charge in [0.25, 0.3) is 0 Å². The predicted octanol–water partition coefficient (Wildman–Crippen LogP) is 5.24. The van der Waals surface area contributed by atoms with Crippen molar-refractivity contribution in [3.63, 3.8) is 0 Å². The Kier molecular flexibility index (Phi) is 3.44. The van der Waals surface area contributed by atoms with E-state index in [4.69, 9.17) is 23.2 Å². The zero-order chi connectivity index (χ0) is 13.6. The highest BCUT2D eigenvalue weighted by atomic mass is 35.5. The highest BCUT2D eigenvalue weighted by Gasteiger charge is 2.25. The Morgan fingerprint density at radius 3 is 2.68 bits per heavy atom. The van der Waals surface area contributed by atoms with Gasteiger partial charge in [0.05, 0.1) is 21.4 Å². The standard InChI is InChI=1S/C14H15Cl2FN2/c1-8(15)14-18-12-7-11(17)10(16)6-13(12)19(14)9-4-2-3-5-9/h6-9H,2-5H2,1H3. The molecule has 0 radical (unpaired) electrons. The predicted molar refractivity (Wildman–Crippen MR) is 76.5 cm³/mol. The van der Waals surface area contributed by atoms with Gasteiger partial charge in [0, 0.05) is 12.1 Å². The van der Waals surface area contributed by atoms with E-state index in [2.05, 4.69) is 9.55 Å². The Morgan fingerprint density at radius 2 is 2.05 bits per heavy atom. The lowest BCUT2D eigenvalue weighted by Crippen LogP contribution is -2.09. The van der Waals surface area contributed by atoms with Crippen LogP contribution in [0.25, 0.3) is 11.0 Å². The van der Waals surface area contributed by atoms with Crippen LogP contribution in [0.3, 0.4) is 0 Å². The molecule has 1 heterocycles. The number of aromatic nitrogens is 2. The van der Waals surface area contributed by atoms with Gasteiger partial charge in [-0.2, -0.15) is 0 Å². The summed E-state index contributed by atoms with van der Waals surface area (Å²) in [6.45, 7) is 1.90. The second-order valence-corrected chi connectivity index (χ2v) is 6.21. The maximum Gasteiger partial charge on any atom is 0.144 e. The fraction of sp³-hybridized carbons (Fsp3) is 0.500. The number of hydrogen-bond acceptors (Lipinski definition) is 1. The molecule has 2 aromatic rings. The largest absolute Gasteiger partial charge is 0.324 e. The summed E-state index contributed by atoms with van der Waals surface area (Å²) in [6, 6.07) is 3.47. The molecule has 19 heavy (non-hydrogen) atoms. The van der Waals surface area contributed by atoms with E-state index in [9.17, 15) is 4.39 Å². The van der Waals surface area contributed by atoms with Gasteiger partial charge in [-0.25, -0.2) is 9.37 Å². The molecular formula is C14H15Cl2FN2. The van der Waals surface area contributed by atoms with Crippen molar-refractivity contribution in [1.82, 2.24) is 9.55 Å². The third kappa shape index (κ3) is 2.23. The molecule has 1 atom stereocenters. The normalized spacial score (nSPS) is 18.3. The summed E-state index contributed by atoms with van der Waals surface area (Å²) in [7, 11) is 0. The molecule has 1 aromatic heterocycles. The number of fused-ring (bicyclic) bond motifs is 1. The molecule has 1 fully saturated rings. The molecule has 0 saturated heterocycles. The Bertz CT molecular complexity index is 615. The third-order valence-electron chi connectivity index (χ3n) is 3.80. The second kappa shape index (κ2) is 4.95. The SMILES string of the molecule is CC(Cl)c1nc2cc(F)c(Cl)cc2n1C1CCCC1. The maximum absolute atomic E-state index is 13.6. The van der Waals surface area contributed by atoms with Gasteiger partial charge >= 0.3 is 0 Å². The van der Waals surface area contributed by atoms with E-state index in [1.165, 1.54) is 18.9 Å². The minimum Gasteiger partial charge on any atom is -0.324 e. The van der Waals surface area contributed by atoms with E-state index in [-0.39, 0.29) is 10.4 Å². The second-order valence-electron chi connectivity index (χ2n) is 5.15. The molecule has 0 aliphatic heterocycles. The van der Waals surface area contributed by atoms with Crippen molar-refractivity contribution in [2.75, 3.05) is 0 Å². The zero-order valence-electron chi connectivity index (χ0n) is 10.7. The lowest BCUT2D eigenvalue weighted by molar-refractivity contribution is 0.510. The van der Waals surface area contributed by atoms with Crippen molar-refractivity contribution in [3.8, 4) is 0 Å². The van der Waals surface area contributed by atoms with Gasteiger partial charge in [0.2, 0.25) is 0 Å². The van der Waals surface area contributed by atoms with E-state index in [0.29, 0.717) is 11.6 Å². The topological polar surface area (TPSA) is 17.8 Å². The van der Waals surface area contributed by atoms with Crippen molar-refractivity contribution in [1.29, 1.82) is 0 Å². The van der Waals surface area contributed by atoms with E-state index >= 15 is 0 Å². The number of nitrogens with zero attached hydrogens (tertiary/aromatic N) is 2. The lowest BCUT2D eigenvalue weighted by Gasteiger charge is -2.17. The van der Waals surface area contributed by atoms with E-state index < -0.39 is 5.82 Å². The van der Waals surface area contributed by atoms with Gasteiger partial charge in [-0.3, -0.25) is 0 Å². The molecule has 2 nitrogen and oxygen atoms in total. The average molecular weight is 301 g/mol. The first-order chi connectivity index (χ1) is 9.08. The van der Waals surface area contributed by atoms with Gasteiger partial charge in [-0.15, -0.1) is 11.6 Å². The fourth-order valence-electron chi connectivity index (χ4n) is 2.94. The fourth-order valence-corrected chi connectivity index (χ4v) is 3.25. The van der Waals surface area contributed by atoms with Crippen LogP contribution in [0.15, 0.2) is 12.1 Å². The highest BCUT2D eigenvalue weighted by molar-refractivity contribution is 6.31. The van der Waals surface area contributed by atoms with Crippen molar-refractivity contribution in [3.05, 3.63) is 28.8 Å². The number of imidazole rings is 1. The minimum atomic E-state index is -0.431. The molecule has 0 N–H and O–H groups in total. The molecule has 0 amide bonds. The maximum atomic E-state index is 13.6. The Morgan fingerprint density at radius 1 is 1.37 bits per heavy atom. The van der Waals surface area contributed by atoms with Crippen molar-refractivity contribution in [2.24, 2.45) is 0 Å². The van der Waals surface area contributed by atoms with Crippen LogP contribution >= 0.6 is 23.2 Å². The van der Waals surface area contributed by atoms with Gasteiger partial charge in [0.15, 0.2) is 0 Å². The van der Waals surface area contributed by atoms with Gasteiger partial charge < -0.3 is 4.57 Å². The number of benzene rings is 1. The molecule has 5 heteroatoms. The van der Waals surface area contributed by atoms with Crippen LogP contribution in [0, 0.1) is 5.82 Å². The van der Waals surface area contributed by atoms with E-state index in [1.807, 2.05) is 6.92 Å². The first-order valence-corrected chi connectivity index (χ1v) is 7.40. The van der Waals surface area contributed by atoms with Gasteiger partial charge in [-0.05, 0) is 25.8 Å². The van der Waals surface area contributed by atoms with Gasteiger partial charge in [0.1, 0.15) is 11.6 Å². The molecule has 1 aromatic carbocycles. The van der Waals surface area contributed by atoms with E-state index in [1.54, 1.807) is 6.07 Å². The smallest absolute Gasteiger partial charge is 0.144 e. The monoisotopic (exact) mass is 300 g/mol. The number of halogens is 3. The lowest BCUT2D eigenvalue weighted by atomic mass is 10.2. The van der Waals surface area contributed by atoms with Gasteiger partial charge in [-0.1, -0.05) is 24.4 Å². The first kappa shape index (κ1) is 13.2. The van der Waals surface area contributed by atoms with Crippen molar-refractivity contribution >= 4 is 34.2 Å².